The predicted octanol–water partition coefficient (Wildman–Crippen LogP) is 0.110. The van der Waals surface area contributed by atoms with Gasteiger partial charge in [-0.1, -0.05) is 5.92 Å². The molecule has 0 saturated heterocycles. The molecule has 4 nitrogen and oxygen atoms in total. The number of nitrogens with zero attached hydrogens (tertiary/aromatic N) is 1. The van der Waals surface area contributed by atoms with Crippen LogP contribution in [0.3, 0.4) is 0 Å². The molecule has 0 aromatic rings. The molecular weight excluding hydrogens is 168 g/mol. The molecule has 0 heterocycles. The number of terminal acetylenes is 1. The number of hydrogen-bond donors (Lipinski definition) is 1. The Bertz CT molecular complexity index is 225. The summed E-state index contributed by atoms with van der Waals surface area (Å²) in [5.41, 5.74) is -0.921. The number of methoxy groups -OCH3 is 2. The van der Waals surface area contributed by atoms with Crippen LogP contribution < -0.4 is 5.32 Å². The first-order valence-electron chi connectivity index (χ1n) is 3.80. The van der Waals surface area contributed by atoms with Crippen molar-refractivity contribution in [2.45, 2.75) is 18.8 Å². The van der Waals surface area contributed by atoms with E-state index in [0.717, 1.165) is 0 Å². The van der Waals surface area contributed by atoms with Gasteiger partial charge < -0.3 is 9.47 Å². The van der Waals surface area contributed by atoms with Gasteiger partial charge in [-0.3, -0.25) is 5.32 Å². The topological polar surface area (TPSA) is 54.3 Å². The van der Waals surface area contributed by atoms with Gasteiger partial charge in [-0.15, -0.1) is 6.42 Å². The Kier molecular flexibility index (Phi) is 5.10. The van der Waals surface area contributed by atoms with Gasteiger partial charge in [-0.25, -0.2) is 0 Å². The molecule has 0 aromatic heterocycles. The van der Waals surface area contributed by atoms with Gasteiger partial charge in [0.25, 0.3) is 0 Å². The Morgan fingerprint density at radius 3 is 2.38 bits per heavy atom. The van der Waals surface area contributed by atoms with E-state index in [9.17, 15) is 0 Å². The molecule has 4 heteroatoms. The fourth-order valence-electron chi connectivity index (χ4n) is 0.978. The quantitative estimate of drug-likeness (QED) is 0.484. The van der Waals surface area contributed by atoms with Crippen LogP contribution in [0.1, 0.15) is 6.92 Å². The van der Waals surface area contributed by atoms with Gasteiger partial charge >= 0.3 is 0 Å². The Morgan fingerprint density at radius 1 is 1.54 bits per heavy atom. The van der Waals surface area contributed by atoms with Crippen LogP contribution in [-0.2, 0) is 9.47 Å². The monoisotopic (exact) mass is 182 g/mol. The largest absolute Gasteiger partial charge is 0.353 e. The average molecular weight is 182 g/mol. The van der Waals surface area contributed by atoms with Crippen LogP contribution in [0.5, 0.6) is 0 Å². The van der Waals surface area contributed by atoms with Crippen molar-refractivity contribution >= 4 is 0 Å². The van der Waals surface area contributed by atoms with Crippen LogP contribution in [0.2, 0.25) is 0 Å². The van der Waals surface area contributed by atoms with E-state index in [1.54, 1.807) is 6.92 Å². The second-order valence-corrected chi connectivity index (χ2v) is 2.68. The second-order valence-electron chi connectivity index (χ2n) is 2.68. The van der Waals surface area contributed by atoms with E-state index in [0.29, 0.717) is 6.54 Å². The fourth-order valence-corrected chi connectivity index (χ4v) is 0.978. The fraction of sp³-hybridized carbons (Fsp3) is 0.667. The summed E-state index contributed by atoms with van der Waals surface area (Å²) in [7, 11) is 2.95. The van der Waals surface area contributed by atoms with Gasteiger partial charge in [0.1, 0.15) is 0 Å². The normalized spacial score (nSPS) is 14.6. The lowest BCUT2D eigenvalue weighted by Crippen LogP contribution is -2.52. The van der Waals surface area contributed by atoms with Crippen molar-refractivity contribution in [3.8, 4) is 18.4 Å². The second kappa shape index (κ2) is 5.55. The van der Waals surface area contributed by atoms with E-state index >= 15 is 0 Å². The third-order valence-electron chi connectivity index (χ3n) is 1.69. The van der Waals surface area contributed by atoms with Crippen molar-refractivity contribution in [3.63, 3.8) is 0 Å². The Hall–Kier alpha value is -1.07. The van der Waals surface area contributed by atoms with E-state index in [1.165, 1.54) is 14.2 Å². The Labute approximate surface area is 78.8 Å². The van der Waals surface area contributed by atoms with Gasteiger partial charge in [0.15, 0.2) is 11.8 Å². The number of rotatable bonds is 5. The van der Waals surface area contributed by atoms with Crippen molar-refractivity contribution < 1.29 is 9.47 Å². The van der Waals surface area contributed by atoms with E-state index in [4.69, 9.17) is 21.2 Å². The standard InChI is InChI=1S/C9H14N2O2/c1-5-6-11-9(2,7-10)8(12-3)13-4/h1,8,11H,6H2,2-4H3. The van der Waals surface area contributed by atoms with Crippen LogP contribution >= 0.6 is 0 Å². The number of ether oxygens (including phenoxy) is 2. The highest BCUT2D eigenvalue weighted by Gasteiger charge is 2.34. The van der Waals surface area contributed by atoms with Crippen LogP contribution in [-0.4, -0.2) is 32.6 Å². The first-order chi connectivity index (χ1) is 6.14. The molecule has 72 valence electrons. The minimum Gasteiger partial charge on any atom is -0.353 e. The molecule has 0 radical (unpaired) electrons. The third-order valence-corrected chi connectivity index (χ3v) is 1.69. The summed E-state index contributed by atoms with van der Waals surface area (Å²) < 4.78 is 9.95. The van der Waals surface area contributed by atoms with Crippen LogP contribution in [0.15, 0.2) is 0 Å². The molecule has 0 bridgehead atoms. The molecule has 1 atom stereocenters. The van der Waals surface area contributed by atoms with E-state index < -0.39 is 11.8 Å². The first kappa shape index (κ1) is 11.9. The lowest BCUT2D eigenvalue weighted by molar-refractivity contribution is -0.136. The predicted molar refractivity (Wildman–Crippen MR) is 48.7 cm³/mol. The molecule has 13 heavy (non-hydrogen) atoms. The van der Waals surface area contributed by atoms with E-state index in [1.807, 2.05) is 0 Å². The number of nitrogens with one attached hydrogen (secondary N) is 1. The van der Waals surface area contributed by atoms with Gasteiger partial charge in [0.2, 0.25) is 0 Å². The van der Waals surface area contributed by atoms with Crippen molar-refractivity contribution in [1.29, 1.82) is 5.26 Å². The van der Waals surface area contributed by atoms with E-state index in [-0.39, 0.29) is 0 Å². The maximum Gasteiger partial charge on any atom is 0.188 e. The van der Waals surface area contributed by atoms with Crippen molar-refractivity contribution in [2.24, 2.45) is 0 Å². The summed E-state index contributed by atoms with van der Waals surface area (Å²) in [6.07, 6.45) is 4.44. The highest BCUT2D eigenvalue weighted by molar-refractivity contribution is 5.08. The van der Waals surface area contributed by atoms with Crippen molar-refractivity contribution in [2.75, 3.05) is 20.8 Å². The lowest BCUT2D eigenvalue weighted by atomic mass is 10.0. The minimum atomic E-state index is -0.921. The third kappa shape index (κ3) is 3.04. The molecular formula is C9H14N2O2. The van der Waals surface area contributed by atoms with Gasteiger partial charge in [0.05, 0.1) is 12.6 Å². The summed E-state index contributed by atoms with van der Waals surface area (Å²) in [5, 5.41) is 11.8. The highest BCUT2D eigenvalue weighted by atomic mass is 16.7. The highest BCUT2D eigenvalue weighted by Crippen LogP contribution is 2.12. The number of nitriles is 1. The molecule has 0 saturated carbocycles. The van der Waals surface area contributed by atoms with Crippen LogP contribution in [0, 0.1) is 23.7 Å². The Balaban J connectivity index is 4.44. The zero-order chi connectivity index (χ0) is 10.3. The zero-order valence-electron chi connectivity index (χ0n) is 8.13. The molecule has 0 aromatic carbocycles. The summed E-state index contributed by atoms with van der Waals surface area (Å²) >= 11 is 0. The molecule has 0 rings (SSSR count). The molecule has 1 N–H and O–H groups in total. The smallest absolute Gasteiger partial charge is 0.188 e. The summed E-state index contributed by atoms with van der Waals surface area (Å²) in [6, 6.07) is 2.06. The molecule has 0 aliphatic carbocycles. The number of hydrogen-bond acceptors (Lipinski definition) is 4. The first-order valence-corrected chi connectivity index (χ1v) is 3.80. The molecule has 0 amide bonds. The SMILES string of the molecule is C#CCNC(C)(C#N)C(OC)OC. The minimum absolute atomic E-state index is 0.299. The molecule has 0 aliphatic heterocycles. The molecule has 0 spiro atoms. The van der Waals surface area contributed by atoms with E-state index in [2.05, 4.69) is 17.3 Å². The maximum atomic E-state index is 8.90. The maximum absolute atomic E-state index is 8.90. The molecule has 0 aliphatic rings. The van der Waals surface area contributed by atoms with Gasteiger partial charge in [-0.2, -0.15) is 5.26 Å². The summed E-state index contributed by atoms with van der Waals surface area (Å²) in [5.74, 6) is 2.39. The van der Waals surface area contributed by atoms with Gasteiger partial charge in [0, 0.05) is 14.2 Å². The van der Waals surface area contributed by atoms with Crippen molar-refractivity contribution in [3.05, 3.63) is 0 Å². The Morgan fingerprint density at radius 2 is 2.08 bits per heavy atom. The van der Waals surface area contributed by atoms with Crippen LogP contribution in [0.25, 0.3) is 0 Å². The molecule has 1 unspecified atom stereocenters. The molecule has 0 fully saturated rings. The van der Waals surface area contributed by atoms with Gasteiger partial charge in [-0.05, 0) is 6.92 Å². The average Bonchev–Trinajstić information content (AvgIpc) is 2.16. The summed E-state index contributed by atoms with van der Waals surface area (Å²) in [6.45, 7) is 1.97. The van der Waals surface area contributed by atoms with Crippen molar-refractivity contribution in [1.82, 2.24) is 5.32 Å². The zero-order valence-corrected chi connectivity index (χ0v) is 8.13. The van der Waals surface area contributed by atoms with Crippen LogP contribution in [0.4, 0.5) is 0 Å². The lowest BCUT2D eigenvalue weighted by Gasteiger charge is -2.29. The summed E-state index contributed by atoms with van der Waals surface area (Å²) in [4.78, 5) is 0.